The quantitative estimate of drug-likeness (QED) is 0.575. The van der Waals surface area contributed by atoms with Crippen molar-refractivity contribution in [3.05, 3.63) is 17.8 Å². The van der Waals surface area contributed by atoms with E-state index in [1.807, 2.05) is 0 Å². The molecular formula is C10H15N2NaO5S3. The molecule has 0 saturated heterocycles. The fourth-order valence-electron chi connectivity index (χ4n) is 1.73. The van der Waals surface area contributed by atoms with Crippen molar-refractivity contribution in [2.45, 2.75) is 14.8 Å². The van der Waals surface area contributed by atoms with Gasteiger partial charge in [-0.25, -0.2) is 22.0 Å². The van der Waals surface area contributed by atoms with Crippen molar-refractivity contribution in [3.63, 3.8) is 0 Å². The molecule has 0 aromatic carbocycles. The van der Waals surface area contributed by atoms with E-state index in [-0.39, 0.29) is 44.5 Å². The van der Waals surface area contributed by atoms with Crippen LogP contribution in [0, 0.1) is 0 Å². The van der Waals surface area contributed by atoms with E-state index in [1.54, 1.807) is 6.08 Å². The van der Waals surface area contributed by atoms with Crippen molar-refractivity contribution in [1.82, 2.24) is 4.31 Å². The Kier molecular flexibility index (Phi) is 6.45. The summed E-state index contributed by atoms with van der Waals surface area (Å²) in [5, 5.41) is 5.02. The van der Waals surface area contributed by atoms with Crippen LogP contribution < -0.4 is 5.14 Å². The van der Waals surface area contributed by atoms with Gasteiger partial charge in [0.2, 0.25) is 10.0 Å². The van der Waals surface area contributed by atoms with Gasteiger partial charge in [0.05, 0.1) is 0 Å². The minimum absolute atomic E-state index is 0. The fraction of sp³-hybridized carbons (Fsp3) is 0.400. The zero-order chi connectivity index (χ0) is 15.0. The Bertz CT molecular complexity index is 739. The fourth-order valence-corrected chi connectivity index (χ4v) is 5.72. The topological polar surface area (TPSA) is 107 Å². The summed E-state index contributed by atoms with van der Waals surface area (Å²) in [6.45, 7) is 0.717. The SMILES string of the molecule is COCCCN1C=Cc2cc(S(N)(=O)=O)sc2S1(=O)=O.[NaH]. The molecule has 21 heavy (non-hydrogen) atoms. The zero-order valence-corrected chi connectivity index (χ0v) is 13.1. The van der Waals surface area contributed by atoms with Crippen molar-refractivity contribution in [2.24, 2.45) is 5.14 Å². The monoisotopic (exact) mass is 362 g/mol. The predicted molar refractivity (Wildman–Crippen MR) is 82.3 cm³/mol. The van der Waals surface area contributed by atoms with Crippen LogP contribution in [0.25, 0.3) is 6.08 Å². The van der Waals surface area contributed by atoms with Crippen LogP contribution in [0.2, 0.25) is 0 Å². The van der Waals surface area contributed by atoms with Gasteiger partial charge in [-0.1, -0.05) is 0 Å². The number of ether oxygens (including phenoxy) is 1. The molecule has 2 N–H and O–H groups in total. The number of hydrogen-bond acceptors (Lipinski definition) is 6. The molecule has 0 bridgehead atoms. The summed E-state index contributed by atoms with van der Waals surface area (Å²) in [6.07, 6.45) is 3.53. The van der Waals surface area contributed by atoms with Crippen LogP contribution in [-0.2, 0) is 24.8 Å². The number of thiophene rings is 1. The van der Waals surface area contributed by atoms with Gasteiger partial charge in [0.1, 0.15) is 8.42 Å². The number of rotatable bonds is 5. The van der Waals surface area contributed by atoms with Gasteiger partial charge in [0, 0.05) is 32.0 Å². The molecule has 0 atom stereocenters. The first-order chi connectivity index (χ1) is 9.26. The number of methoxy groups -OCH3 is 1. The van der Waals surface area contributed by atoms with Crippen LogP contribution in [0.4, 0.5) is 0 Å². The van der Waals surface area contributed by atoms with Crippen LogP contribution in [0.15, 0.2) is 20.7 Å². The Hall–Kier alpha value is 0.0600. The molecule has 0 aliphatic carbocycles. The molecule has 0 radical (unpaired) electrons. The Morgan fingerprint density at radius 2 is 2.10 bits per heavy atom. The third-order valence-electron chi connectivity index (χ3n) is 2.67. The van der Waals surface area contributed by atoms with E-state index in [0.29, 0.717) is 29.9 Å². The normalized spacial score (nSPS) is 16.4. The van der Waals surface area contributed by atoms with Crippen LogP contribution >= 0.6 is 11.3 Å². The van der Waals surface area contributed by atoms with E-state index >= 15 is 0 Å². The van der Waals surface area contributed by atoms with Crippen molar-refractivity contribution >= 4 is 67.0 Å². The third-order valence-corrected chi connectivity index (χ3v) is 7.55. The van der Waals surface area contributed by atoms with Crippen molar-refractivity contribution in [1.29, 1.82) is 0 Å². The predicted octanol–water partition coefficient (Wildman–Crippen LogP) is -0.241. The molecule has 7 nitrogen and oxygen atoms in total. The first kappa shape index (κ1) is 19.1. The minimum atomic E-state index is -3.90. The first-order valence-electron chi connectivity index (χ1n) is 5.62. The second-order valence-electron chi connectivity index (χ2n) is 4.13. The molecule has 114 valence electrons. The molecule has 1 aliphatic heterocycles. The van der Waals surface area contributed by atoms with E-state index < -0.39 is 20.0 Å². The summed E-state index contributed by atoms with van der Waals surface area (Å²) >= 11 is 0.667. The molecule has 1 aliphatic rings. The average Bonchev–Trinajstić information content (AvgIpc) is 2.77. The maximum absolute atomic E-state index is 12.3. The van der Waals surface area contributed by atoms with Crippen molar-refractivity contribution in [3.8, 4) is 0 Å². The molecule has 1 aromatic heterocycles. The van der Waals surface area contributed by atoms with E-state index in [4.69, 9.17) is 9.88 Å². The molecule has 0 fully saturated rings. The molecular weight excluding hydrogens is 347 g/mol. The van der Waals surface area contributed by atoms with Crippen molar-refractivity contribution in [2.75, 3.05) is 20.3 Å². The summed E-state index contributed by atoms with van der Waals surface area (Å²) in [4.78, 5) is 0. The van der Waals surface area contributed by atoms with Gasteiger partial charge in [-0.05, 0) is 18.6 Å². The molecule has 0 spiro atoms. The molecule has 11 heteroatoms. The van der Waals surface area contributed by atoms with Gasteiger partial charge in [0.25, 0.3) is 10.0 Å². The summed E-state index contributed by atoms with van der Waals surface area (Å²) in [5.74, 6) is 0. The van der Waals surface area contributed by atoms with Gasteiger partial charge < -0.3 is 4.74 Å². The van der Waals surface area contributed by atoms with Crippen molar-refractivity contribution < 1.29 is 21.6 Å². The van der Waals surface area contributed by atoms with Crippen LogP contribution in [-0.4, -0.2) is 71.0 Å². The number of hydrogen-bond donors (Lipinski definition) is 1. The van der Waals surface area contributed by atoms with E-state index in [0.717, 1.165) is 0 Å². The van der Waals surface area contributed by atoms with Crippen LogP contribution in [0.5, 0.6) is 0 Å². The van der Waals surface area contributed by atoms with Gasteiger partial charge >= 0.3 is 29.6 Å². The second kappa shape index (κ2) is 7.09. The van der Waals surface area contributed by atoms with E-state index in [9.17, 15) is 16.8 Å². The molecule has 2 heterocycles. The molecule has 0 amide bonds. The van der Waals surface area contributed by atoms with Gasteiger partial charge in [0.15, 0.2) is 0 Å². The van der Waals surface area contributed by atoms with Crippen LogP contribution in [0.3, 0.4) is 0 Å². The number of sulfonamides is 2. The van der Waals surface area contributed by atoms with E-state index in [2.05, 4.69) is 0 Å². The zero-order valence-electron chi connectivity index (χ0n) is 10.6. The number of primary sulfonamides is 1. The second-order valence-corrected chi connectivity index (χ2v) is 9.06. The van der Waals surface area contributed by atoms with Gasteiger partial charge in [-0.15, -0.1) is 11.3 Å². The Morgan fingerprint density at radius 1 is 1.43 bits per heavy atom. The van der Waals surface area contributed by atoms with E-state index in [1.165, 1.54) is 23.7 Å². The number of fused-ring (bicyclic) bond motifs is 1. The molecule has 1 aromatic rings. The Labute approximate surface area is 150 Å². The summed E-state index contributed by atoms with van der Waals surface area (Å²) < 4.78 is 53.2. The summed E-state index contributed by atoms with van der Waals surface area (Å²) in [7, 11) is -6.08. The summed E-state index contributed by atoms with van der Waals surface area (Å²) in [5.41, 5.74) is 0.349. The van der Waals surface area contributed by atoms with Gasteiger partial charge in [-0.2, -0.15) is 0 Å². The Morgan fingerprint density at radius 3 is 2.67 bits per heavy atom. The summed E-state index contributed by atoms with van der Waals surface area (Å²) in [6, 6.07) is 1.27. The molecule has 2 rings (SSSR count). The first-order valence-corrected chi connectivity index (χ1v) is 9.43. The molecule has 0 unspecified atom stereocenters. The third kappa shape index (κ3) is 4.08. The average molecular weight is 362 g/mol. The van der Waals surface area contributed by atoms with Crippen LogP contribution in [0.1, 0.15) is 12.0 Å². The molecule has 0 saturated carbocycles. The number of nitrogens with zero attached hydrogens (tertiary/aromatic N) is 1. The number of nitrogens with two attached hydrogens (primary N) is 1. The maximum atomic E-state index is 12.3. The standard InChI is InChI=1S/C10H14N2O5S3.Na.H/c1-17-6-2-4-12-5-3-8-7-9(19(11,13)14)18-10(8)20(12,15)16;;/h3,5,7H,2,4,6H2,1H3,(H2,11,13,14);;. The Balaban J connectivity index is 0.00000220. The van der Waals surface area contributed by atoms with Gasteiger partial charge in [-0.3, -0.25) is 4.31 Å².